The van der Waals surface area contributed by atoms with E-state index in [9.17, 15) is 14.4 Å². The van der Waals surface area contributed by atoms with Crippen LogP contribution in [-0.4, -0.2) is 75.5 Å². The van der Waals surface area contributed by atoms with Gasteiger partial charge in [0.2, 0.25) is 0 Å². The summed E-state index contributed by atoms with van der Waals surface area (Å²) in [5.41, 5.74) is 2.14. The van der Waals surface area contributed by atoms with Gasteiger partial charge in [0.15, 0.2) is 0 Å². The number of likely N-dealkylation sites (tertiary alicyclic amines) is 1. The molecule has 0 bridgehead atoms. The summed E-state index contributed by atoms with van der Waals surface area (Å²) in [6, 6.07) is 5.46. The maximum atomic E-state index is 13.7. The van der Waals surface area contributed by atoms with Gasteiger partial charge < -0.3 is 14.8 Å². The number of piperazine rings is 1. The number of nitrogens with one attached hydrogen (secondary N) is 1. The predicted octanol–water partition coefficient (Wildman–Crippen LogP) is 4.42. The molecule has 2 amide bonds. The van der Waals surface area contributed by atoms with Crippen LogP contribution in [0.4, 0.5) is 0 Å². The SMILES string of the molecule is CC1(C)CN(Cc2ccsc2)CCN1C(=O)c1cc2c(C(=O)C(=O)N3CCCC3)c[nH]c2cc1Cl. The van der Waals surface area contributed by atoms with E-state index in [1.807, 2.05) is 4.90 Å². The van der Waals surface area contributed by atoms with Crippen LogP contribution < -0.4 is 0 Å². The molecule has 0 aliphatic carbocycles. The third-order valence-electron chi connectivity index (χ3n) is 7.04. The molecular weight excluding hydrogens is 484 g/mol. The number of H-pyrrole nitrogens is 1. The average Bonchev–Trinajstić information content (AvgIpc) is 3.58. The average molecular weight is 513 g/mol. The zero-order valence-corrected chi connectivity index (χ0v) is 21.5. The molecule has 3 aromatic rings. The molecule has 1 N–H and O–H groups in total. The van der Waals surface area contributed by atoms with Crippen LogP contribution in [0.5, 0.6) is 0 Å². The fourth-order valence-corrected chi connectivity index (χ4v) is 6.13. The Morgan fingerprint density at radius 3 is 2.54 bits per heavy atom. The molecule has 0 unspecified atom stereocenters. The lowest BCUT2D eigenvalue weighted by molar-refractivity contribution is -0.125. The van der Waals surface area contributed by atoms with Gasteiger partial charge in [-0.15, -0.1) is 0 Å². The lowest BCUT2D eigenvalue weighted by Crippen LogP contribution is -2.60. The Balaban J connectivity index is 1.39. The molecule has 2 aliphatic heterocycles. The fraction of sp³-hybridized carbons (Fsp3) is 0.423. The normalized spacial score (nSPS) is 18.4. The van der Waals surface area contributed by atoms with Crippen LogP contribution >= 0.6 is 22.9 Å². The summed E-state index contributed by atoms with van der Waals surface area (Å²) in [5, 5.41) is 5.11. The predicted molar refractivity (Wildman–Crippen MR) is 138 cm³/mol. The van der Waals surface area contributed by atoms with Crippen LogP contribution in [0.3, 0.4) is 0 Å². The zero-order valence-electron chi connectivity index (χ0n) is 20.0. The largest absolute Gasteiger partial charge is 0.360 e. The van der Waals surface area contributed by atoms with Gasteiger partial charge in [-0.05, 0) is 61.2 Å². The monoisotopic (exact) mass is 512 g/mol. The molecule has 2 fully saturated rings. The second-order valence-electron chi connectivity index (χ2n) is 10.0. The quantitative estimate of drug-likeness (QED) is 0.405. The summed E-state index contributed by atoms with van der Waals surface area (Å²) in [6.45, 7) is 8.30. The van der Waals surface area contributed by atoms with E-state index in [0.29, 0.717) is 41.1 Å². The van der Waals surface area contributed by atoms with Crippen molar-refractivity contribution in [1.82, 2.24) is 19.7 Å². The number of nitrogens with zero attached hydrogens (tertiary/aromatic N) is 3. The second-order valence-corrected chi connectivity index (χ2v) is 11.2. The molecule has 0 radical (unpaired) electrons. The first-order valence-corrected chi connectivity index (χ1v) is 13.3. The highest BCUT2D eigenvalue weighted by molar-refractivity contribution is 7.07. The van der Waals surface area contributed by atoms with E-state index in [0.717, 1.165) is 32.5 Å². The van der Waals surface area contributed by atoms with E-state index < -0.39 is 17.2 Å². The summed E-state index contributed by atoms with van der Waals surface area (Å²) >= 11 is 8.24. The van der Waals surface area contributed by atoms with Crippen molar-refractivity contribution in [2.24, 2.45) is 0 Å². The van der Waals surface area contributed by atoms with Gasteiger partial charge in [0.1, 0.15) is 0 Å². The number of carbonyl (C=O) groups excluding carboxylic acids is 3. The van der Waals surface area contributed by atoms with Crippen molar-refractivity contribution in [3.8, 4) is 0 Å². The van der Waals surface area contributed by atoms with Gasteiger partial charge in [-0.3, -0.25) is 19.3 Å². The van der Waals surface area contributed by atoms with Crippen molar-refractivity contribution < 1.29 is 14.4 Å². The Labute approximate surface area is 213 Å². The van der Waals surface area contributed by atoms with Crippen LogP contribution in [0, 0.1) is 0 Å². The Morgan fingerprint density at radius 1 is 1.09 bits per heavy atom. The molecular formula is C26H29ClN4O3S. The van der Waals surface area contributed by atoms with Crippen LogP contribution in [0.25, 0.3) is 10.9 Å². The van der Waals surface area contributed by atoms with Gasteiger partial charge in [-0.25, -0.2) is 0 Å². The van der Waals surface area contributed by atoms with E-state index in [4.69, 9.17) is 11.6 Å². The van der Waals surface area contributed by atoms with Crippen molar-refractivity contribution in [1.29, 1.82) is 0 Å². The molecule has 9 heteroatoms. The number of aromatic nitrogens is 1. The molecule has 1 aromatic carbocycles. The van der Waals surface area contributed by atoms with Gasteiger partial charge in [0.05, 0.1) is 21.7 Å². The number of carbonyl (C=O) groups is 3. The molecule has 184 valence electrons. The third-order valence-corrected chi connectivity index (χ3v) is 8.09. The van der Waals surface area contributed by atoms with Gasteiger partial charge in [0, 0.05) is 56.4 Å². The van der Waals surface area contributed by atoms with Crippen molar-refractivity contribution in [2.75, 3.05) is 32.7 Å². The number of thiophene rings is 1. The smallest absolute Gasteiger partial charge is 0.295 e. The van der Waals surface area contributed by atoms with E-state index in [2.05, 4.69) is 40.6 Å². The number of aromatic amines is 1. The standard InChI is InChI=1S/C26H29ClN4O3S/c1-26(2)16-29(14-17-5-10-35-15-17)8-9-31(26)24(33)19-11-18-20(13-28-22(18)12-21(19)27)23(32)25(34)30-6-3-4-7-30/h5,10-13,15,28H,3-4,6-9,14,16H2,1-2H3. The molecule has 0 atom stereocenters. The number of halogens is 1. The minimum atomic E-state index is -0.554. The first-order chi connectivity index (χ1) is 16.7. The zero-order chi connectivity index (χ0) is 24.7. The maximum Gasteiger partial charge on any atom is 0.295 e. The second kappa shape index (κ2) is 9.41. The molecule has 0 saturated carbocycles. The van der Waals surface area contributed by atoms with Crippen LogP contribution in [-0.2, 0) is 11.3 Å². The number of benzene rings is 1. The Kier molecular flexibility index (Phi) is 6.46. The third kappa shape index (κ3) is 4.62. The Morgan fingerprint density at radius 2 is 1.86 bits per heavy atom. The molecule has 0 spiro atoms. The van der Waals surface area contributed by atoms with Gasteiger partial charge in [0.25, 0.3) is 17.6 Å². The highest BCUT2D eigenvalue weighted by Gasteiger charge is 2.38. The van der Waals surface area contributed by atoms with E-state index in [-0.39, 0.29) is 11.5 Å². The Bertz CT molecular complexity index is 1280. The summed E-state index contributed by atoms with van der Waals surface area (Å²) < 4.78 is 0. The maximum absolute atomic E-state index is 13.7. The topological polar surface area (TPSA) is 76.7 Å². The molecule has 5 rings (SSSR count). The number of rotatable bonds is 5. The lowest BCUT2D eigenvalue weighted by atomic mass is 9.96. The summed E-state index contributed by atoms with van der Waals surface area (Å²) in [6.07, 6.45) is 3.37. The Hall–Kier alpha value is -2.68. The summed E-state index contributed by atoms with van der Waals surface area (Å²) in [7, 11) is 0. The number of hydrogen-bond acceptors (Lipinski definition) is 5. The van der Waals surface area contributed by atoms with Gasteiger partial charge >= 0.3 is 0 Å². The van der Waals surface area contributed by atoms with Crippen molar-refractivity contribution in [3.05, 3.63) is 56.9 Å². The highest BCUT2D eigenvalue weighted by Crippen LogP contribution is 2.31. The molecule has 2 aliphatic rings. The van der Waals surface area contributed by atoms with Crippen molar-refractivity contribution in [2.45, 2.75) is 38.8 Å². The fourth-order valence-electron chi connectivity index (χ4n) is 5.23. The van der Waals surface area contributed by atoms with Crippen molar-refractivity contribution in [3.63, 3.8) is 0 Å². The van der Waals surface area contributed by atoms with E-state index in [1.54, 1.807) is 34.6 Å². The first kappa shape index (κ1) is 24.0. The van der Waals surface area contributed by atoms with Crippen LogP contribution in [0.1, 0.15) is 53.0 Å². The first-order valence-electron chi connectivity index (χ1n) is 11.9. The highest BCUT2D eigenvalue weighted by atomic mass is 35.5. The minimum absolute atomic E-state index is 0.164. The molecule has 2 aromatic heterocycles. The molecule has 2 saturated heterocycles. The molecule has 7 nitrogen and oxygen atoms in total. The molecule has 4 heterocycles. The molecule has 35 heavy (non-hydrogen) atoms. The van der Waals surface area contributed by atoms with Gasteiger partial charge in [-0.2, -0.15) is 11.3 Å². The number of Topliss-reactive ketones (excluding diaryl/α,β-unsaturated/α-hetero) is 1. The minimum Gasteiger partial charge on any atom is -0.360 e. The van der Waals surface area contributed by atoms with Crippen LogP contribution in [0.15, 0.2) is 35.2 Å². The van der Waals surface area contributed by atoms with Crippen molar-refractivity contribution >= 4 is 51.4 Å². The summed E-state index contributed by atoms with van der Waals surface area (Å²) in [4.78, 5) is 48.3. The number of hydrogen-bond donors (Lipinski definition) is 1. The van der Waals surface area contributed by atoms with Crippen LogP contribution in [0.2, 0.25) is 5.02 Å². The van der Waals surface area contributed by atoms with E-state index in [1.165, 1.54) is 5.56 Å². The number of fused-ring (bicyclic) bond motifs is 1. The van der Waals surface area contributed by atoms with Gasteiger partial charge in [-0.1, -0.05) is 11.6 Å². The van der Waals surface area contributed by atoms with E-state index >= 15 is 0 Å². The summed E-state index contributed by atoms with van der Waals surface area (Å²) in [5.74, 6) is -1.21. The lowest BCUT2D eigenvalue weighted by Gasteiger charge is -2.47. The number of amides is 2. The number of ketones is 1.